The molecule has 1 unspecified atom stereocenters. The molecule has 0 amide bonds. The van der Waals surface area contributed by atoms with Crippen LogP contribution in [-0.4, -0.2) is 23.3 Å². The summed E-state index contributed by atoms with van der Waals surface area (Å²) in [5.74, 6) is 0. The highest BCUT2D eigenvalue weighted by Crippen LogP contribution is 2.07. The minimum absolute atomic E-state index is 0.352. The Morgan fingerprint density at radius 2 is 2.00 bits per heavy atom. The van der Waals surface area contributed by atoms with Gasteiger partial charge in [-0.15, -0.1) is 0 Å². The number of hydrogen-bond acceptors (Lipinski definition) is 3. The van der Waals surface area contributed by atoms with E-state index in [1.54, 1.807) is 20.8 Å². The first kappa shape index (κ1) is 8.59. The second kappa shape index (κ2) is 2.94. The van der Waals surface area contributed by atoms with E-state index in [2.05, 4.69) is 0 Å². The Labute approximate surface area is 54.6 Å². The summed E-state index contributed by atoms with van der Waals surface area (Å²) in [6.45, 7) is 5.29. The van der Waals surface area contributed by atoms with E-state index in [1.165, 1.54) is 0 Å². The molecule has 0 aromatic heterocycles. The van der Waals surface area contributed by atoms with Gasteiger partial charge in [0, 0.05) is 0 Å². The topological polar surface area (TPSA) is 46.5 Å². The molecule has 0 aliphatic rings. The first-order chi connectivity index (χ1) is 3.95. The summed E-state index contributed by atoms with van der Waals surface area (Å²) in [5, 5.41) is 8.60. The standard InChI is InChI=1S/C6H12O3/c1-6(2,3)9-5(8)4-7/h4-5,8H,1-3H3. The molecule has 0 aliphatic carbocycles. The summed E-state index contributed by atoms with van der Waals surface area (Å²) in [4.78, 5) is 9.81. The third-order valence-corrected chi connectivity index (χ3v) is 0.591. The van der Waals surface area contributed by atoms with Crippen molar-refractivity contribution in [2.24, 2.45) is 0 Å². The summed E-state index contributed by atoms with van der Waals surface area (Å²) < 4.78 is 4.77. The molecule has 0 fully saturated rings. The van der Waals surface area contributed by atoms with Gasteiger partial charge in [-0.2, -0.15) is 0 Å². The molecule has 0 heterocycles. The molecular weight excluding hydrogens is 120 g/mol. The van der Waals surface area contributed by atoms with Gasteiger partial charge in [0.25, 0.3) is 0 Å². The maximum absolute atomic E-state index is 9.81. The van der Waals surface area contributed by atoms with Gasteiger partial charge in [0.2, 0.25) is 6.29 Å². The normalized spacial score (nSPS) is 15.1. The number of carbonyl (C=O) groups excluding carboxylic acids is 1. The molecule has 9 heavy (non-hydrogen) atoms. The summed E-state index contributed by atoms with van der Waals surface area (Å²) in [6.07, 6.45) is -0.935. The molecule has 0 aromatic carbocycles. The first-order valence-electron chi connectivity index (χ1n) is 2.77. The molecule has 1 atom stereocenters. The Morgan fingerprint density at radius 1 is 1.56 bits per heavy atom. The molecule has 0 aromatic rings. The summed E-state index contributed by atoms with van der Waals surface area (Å²) in [5.41, 5.74) is -0.458. The van der Waals surface area contributed by atoms with Gasteiger partial charge < -0.3 is 9.84 Å². The molecule has 0 bridgehead atoms. The van der Waals surface area contributed by atoms with Crippen molar-refractivity contribution in [2.75, 3.05) is 0 Å². The lowest BCUT2D eigenvalue weighted by atomic mass is 10.2. The maximum atomic E-state index is 9.81. The summed E-state index contributed by atoms with van der Waals surface area (Å²) in [7, 11) is 0. The van der Waals surface area contributed by atoms with Crippen LogP contribution in [0.1, 0.15) is 20.8 Å². The van der Waals surface area contributed by atoms with E-state index in [1.807, 2.05) is 0 Å². The van der Waals surface area contributed by atoms with Crippen molar-refractivity contribution in [1.82, 2.24) is 0 Å². The van der Waals surface area contributed by atoms with Gasteiger partial charge in [-0.1, -0.05) is 0 Å². The zero-order valence-corrected chi connectivity index (χ0v) is 5.92. The van der Waals surface area contributed by atoms with Crippen molar-refractivity contribution in [3.8, 4) is 0 Å². The van der Waals surface area contributed by atoms with Crippen LogP contribution >= 0.6 is 0 Å². The molecule has 0 saturated carbocycles. The van der Waals surface area contributed by atoms with Crippen LogP contribution in [0.25, 0.3) is 0 Å². The first-order valence-corrected chi connectivity index (χ1v) is 2.77. The van der Waals surface area contributed by atoms with Crippen LogP contribution in [0.3, 0.4) is 0 Å². The van der Waals surface area contributed by atoms with Crippen LogP contribution in [-0.2, 0) is 9.53 Å². The number of aldehydes is 1. The zero-order valence-electron chi connectivity index (χ0n) is 5.92. The minimum atomic E-state index is -1.29. The lowest BCUT2D eigenvalue weighted by Crippen LogP contribution is -2.27. The second-order valence-electron chi connectivity index (χ2n) is 2.76. The van der Waals surface area contributed by atoms with E-state index in [0.717, 1.165) is 0 Å². The van der Waals surface area contributed by atoms with Crippen molar-refractivity contribution in [2.45, 2.75) is 32.7 Å². The monoisotopic (exact) mass is 132 g/mol. The van der Waals surface area contributed by atoms with E-state index in [-0.39, 0.29) is 0 Å². The minimum Gasteiger partial charge on any atom is -0.362 e. The Bertz CT molecular complexity index is 93.0. The lowest BCUT2D eigenvalue weighted by molar-refractivity contribution is -0.169. The smallest absolute Gasteiger partial charge is 0.212 e. The number of carbonyl (C=O) groups is 1. The number of rotatable bonds is 2. The molecule has 0 radical (unpaired) electrons. The molecule has 1 N–H and O–H groups in total. The van der Waals surface area contributed by atoms with Crippen LogP contribution in [0, 0.1) is 0 Å². The van der Waals surface area contributed by atoms with Gasteiger partial charge in [0.15, 0.2) is 6.29 Å². The SMILES string of the molecule is CC(C)(C)OC(O)C=O. The molecule has 0 spiro atoms. The Balaban J connectivity index is 3.59. The van der Waals surface area contributed by atoms with Crippen LogP contribution in [0.5, 0.6) is 0 Å². The van der Waals surface area contributed by atoms with Crippen molar-refractivity contribution in [3.05, 3.63) is 0 Å². The van der Waals surface area contributed by atoms with E-state index >= 15 is 0 Å². The number of aliphatic hydroxyl groups excluding tert-OH is 1. The average molecular weight is 132 g/mol. The van der Waals surface area contributed by atoms with Gasteiger partial charge in [-0.05, 0) is 20.8 Å². The van der Waals surface area contributed by atoms with Gasteiger partial charge in [0.1, 0.15) is 0 Å². The average Bonchev–Trinajstić information content (AvgIpc) is 1.62. The highest BCUT2D eigenvalue weighted by Gasteiger charge is 2.14. The molecule has 3 heteroatoms. The molecule has 0 rings (SSSR count). The van der Waals surface area contributed by atoms with E-state index in [4.69, 9.17) is 9.84 Å². The highest BCUT2D eigenvalue weighted by atomic mass is 16.6. The number of hydrogen-bond donors (Lipinski definition) is 1. The van der Waals surface area contributed by atoms with Crippen molar-refractivity contribution in [3.63, 3.8) is 0 Å². The largest absolute Gasteiger partial charge is 0.362 e. The maximum Gasteiger partial charge on any atom is 0.212 e. The van der Waals surface area contributed by atoms with Crippen LogP contribution in [0.2, 0.25) is 0 Å². The fourth-order valence-corrected chi connectivity index (χ4v) is 0.390. The molecular formula is C6H12O3. The summed E-state index contributed by atoms with van der Waals surface area (Å²) >= 11 is 0. The predicted octanol–water partition coefficient (Wildman–Crippen LogP) is 0.319. The molecule has 3 nitrogen and oxygen atoms in total. The fourth-order valence-electron chi connectivity index (χ4n) is 0.390. The molecule has 0 saturated heterocycles. The molecule has 54 valence electrons. The zero-order chi connectivity index (χ0) is 7.49. The Morgan fingerprint density at radius 3 is 2.11 bits per heavy atom. The van der Waals surface area contributed by atoms with Crippen LogP contribution < -0.4 is 0 Å². The van der Waals surface area contributed by atoms with Gasteiger partial charge in [-0.3, -0.25) is 4.79 Å². The Hall–Kier alpha value is -0.410. The van der Waals surface area contributed by atoms with Crippen molar-refractivity contribution < 1.29 is 14.6 Å². The van der Waals surface area contributed by atoms with Crippen molar-refractivity contribution >= 4 is 6.29 Å². The number of aliphatic hydroxyl groups is 1. The summed E-state index contributed by atoms with van der Waals surface area (Å²) in [6, 6.07) is 0. The Kier molecular flexibility index (Phi) is 2.81. The fraction of sp³-hybridized carbons (Fsp3) is 0.833. The van der Waals surface area contributed by atoms with Crippen LogP contribution in [0.15, 0.2) is 0 Å². The van der Waals surface area contributed by atoms with E-state index < -0.39 is 11.9 Å². The van der Waals surface area contributed by atoms with Gasteiger partial charge >= 0.3 is 0 Å². The second-order valence-corrected chi connectivity index (χ2v) is 2.76. The lowest BCUT2D eigenvalue weighted by Gasteiger charge is -2.20. The highest BCUT2D eigenvalue weighted by molar-refractivity contribution is 5.53. The number of ether oxygens (including phenoxy) is 1. The third-order valence-electron chi connectivity index (χ3n) is 0.591. The van der Waals surface area contributed by atoms with E-state index in [0.29, 0.717) is 6.29 Å². The van der Waals surface area contributed by atoms with Crippen LogP contribution in [0.4, 0.5) is 0 Å². The predicted molar refractivity (Wildman–Crippen MR) is 32.9 cm³/mol. The van der Waals surface area contributed by atoms with E-state index in [9.17, 15) is 4.79 Å². The van der Waals surface area contributed by atoms with Gasteiger partial charge in [0.05, 0.1) is 5.60 Å². The molecule has 0 aliphatic heterocycles. The quantitative estimate of drug-likeness (QED) is 0.434. The third kappa shape index (κ3) is 5.46. The van der Waals surface area contributed by atoms with Gasteiger partial charge in [-0.25, -0.2) is 0 Å². The van der Waals surface area contributed by atoms with Crippen molar-refractivity contribution in [1.29, 1.82) is 0 Å².